The average molecular weight is 262 g/mol. The molecule has 0 saturated heterocycles. The summed E-state index contributed by atoms with van der Waals surface area (Å²) in [5.74, 6) is -1.06. The Balaban J connectivity index is 2.48. The zero-order chi connectivity index (χ0) is 14.0. The molecule has 2 rings (SSSR count). The molecule has 1 heterocycles. The lowest BCUT2D eigenvalue weighted by molar-refractivity contribution is -0.384. The molecule has 0 spiro atoms. The van der Waals surface area contributed by atoms with E-state index >= 15 is 0 Å². The molecule has 1 aromatic carbocycles. The van der Waals surface area contributed by atoms with Crippen molar-refractivity contribution in [2.45, 2.75) is 13.0 Å². The van der Waals surface area contributed by atoms with Crippen LogP contribution < -0.4 is 0 Å². The number of non-ortho nitro benzene ring substituents is 1. The van der Waals surface area contributed by atoms with Gasteiger partial charge in [-0.2, -0.15) is 0 Å². The fourth-order valence-electron chi connectivity index (χ4n) is 1.62. The van der Waals surface area contributed by atoms with Crippen molar-refractivity contribution >= 4 is 11.7 Å². The van der Waals surface area contributed by atoms with Crippen molar-refractivity contribution < 1.29 is 14.8 Å². The van der Waals surface area contributed by atoms with Gasteiger partial charge in [0.1, 0.15) is 6.04 Å². The highest BCUT2D eigenvalue weighted by molar-refractivity contribution is 5.73. The molecule has 0 amide bonds. The summed E-state index contributed by atoms with van der Waals surface area (Å²) < 4.78 is 1.21. The van der Waals surface area contributed by atoms with E-state index in [0.717, 1.165) is 0 Å². The fraction of sp³-hybridized carbons (Fsp3) is 0.182. The number of carboxylic acid groups (broad SMARTS) is 1. The van der Waals surface area contributed by atoms with Crippen LogP contribution in [-0.4, -0.2) is 31.0 Å². The average Bonchev–Trinajstić information content (AvgIpc) is 2.86. The van der Waals surface area contributed by atoms with Crippen LogP contribution in [-0.2, 0) is 4.79 Å². The van der Waals surface area contributed by atoms with Gasteiger partial charge in [0, 0.05) is 17.7 Å². The Kier molecular flexibility index (Phi) is 3.23. The van der Waals surface area contributed by atoms with Crippen LogP contribution in [0.5, 0.6) is 0 Å². The lowest BCUT2D eigenvalue weighted by Crippen LogP contribution is -2.17. The molecular formula is C11H10N4O4. The normalized spacial score (nSPS) is 12.1. The number of aromatic nitrogens is 3. The van der Waals surface area contributed by atoms with Gasteiger partial charge in [0.15, 0.2) is 0 Å². The molecule has 1 N–H and O–H groups in total. The maximum absolute atomic E-state index is 11.0. The first-order valence-electron chi connectivity index (χ1n) is 5.38. The number of nitro groups is 1. The predicted octanol–water partition coefficient (Wildman–Crippen LogP) is 1.50. The van der Waals surface area contributed by atoms with E-state index in [-0.39, 0.29) is 5.69 Å². The van der Waals surface area contributed by atoms with E-state index < -0.39 is 16.9 Å². The van der Waals surface area contributed by atoms with Gasteiger partial charge in [-0.1, -0.05) is 17.3 Å². The number of rotatable bonds is 4. The molecule has 0 aliphatic carbocycles. The van der Waals surface area contributed by atoms with Crippen molar-refractivity contribution in [1.29, 1.82) is 0 Å². The molecule has 19 heavy (non-hydrogen) atoms. The minimum absolute atomic E-state index is 0.0757. The van der Waals surface area contributed by atoms with Gasteiger partial charge in [-0.25, -0.2) is 9.48 Å². The fourth-order valence-corrected chi connectivity index (χ4v) is 1.62. The summed E-state index contributed by atoms with van der Waals surface area (Å²) in [5, 5.41) is 27.1. The standard InChI is InChI=1S/C11H10N4O4/c1-7(11(16)17)14-10(6-12-13-14)8-3-2-4-9(5-8)15(18)19/h2-7H,1H3,(H,16,17). The Bertz CT molecular complexity index is 637. The molecule has 0 radical (unpaired) electrons. The van der Waals surface area contributed by atoms with Crippen LogP contribution >= 0.6 is 0 Å². The first-order valence-corrected chi connectivity index (χ1v) is 5.38. The lowest BCUT2D eigenvalue weighted by atomic mass is 10.1. The van der Waals surface area contributed by atoms with Crippen molar-refractivity contribution in [3.8, 4) is 11.3 Å². The van der Waals surface area contributed by atoms with E-state index in [0.29, 0.717) is 11.3 Å². The van der Waals surface area contributed by atoms with Gasteiger partial charge in [0.2, 0.25) is 0 Å². The SMILES string of the molecule is CC(C(=O)O)n1nncc1-c1cccc([N+](=O)[O-])c1. The second-order valence-corrected chi connectivity index (χ2v) is 3.89. The van der Waals surface area contributed by atoms with Gasteiger partial charge in [-0.15, -0.1) is 5.10 Å². The summed E-state index contributed by atoms with van der Waals surface area (Å²) in [4.78, 5) is 21.2. The van der Waals surface area contributed by atoms with Crippen LogP contribution in [0.1, 0.15) is 13.0 Å². The molecule has 8 heteroatoms. The van der Waals surface area contributed by atoms with Crippen molar-refractivity contribution in [2.24, 2.45) is 0 Å². The Morgan fingerprint density at radius 2 is 2.26 bits per heavy atom. The molecule has 8 nitrogen and oxygen atoms in total. The van der Waals surface area contributed by atoms with Crippen molar-refractivity contribution in [2.75, 3.05) is 0 Å². The van der Waals surface area contributed by atoms with E-state index in [1.807, 2.05) is 0 Å². The quantitative estimate of drug-likeness (QED) is 0.660. The summed E-state index contributed by atoms with van der Waals surface area (Å²) in [6.07, 6.45) is 1.37. The van der Waals surface area contributed by atoms with Crippen LogP contribution in [0.4, 0.5) is 5.69 Å². The summed E-state index contributed by atoms with van der Waals surface area (Å²) in [6, 6.07) is 4.96. The molecule has 0 fully saturated rings. The summed E-state index contributed by atoms with van der Waals surface area (Å²) in [5.41, 5.74) is 0.833. The Hall–Kier alpha value is -2.77. The second kappa shape index (κ2) is 4.84. The Morgan fingerprint density at radius 3 is 2.89 bits per heavy atom. The monoisotopic (exact) mass is 262 g/mol. The van der Waals surface area contributed by atoms with Gasteiger partial charge in [-0.3, -0.25) is 10.1 Å². The van der Waals surface area contributed by atoms with Gasteiger partial charge >= 0.3 is 5.97 Å². The zero-order valence-electron chi connectivity index (χ0n) is 9.92. The van der Waals surface area contributed by atoms with Gasteiger partial charge < -0.3 is 5.11 Å². The van der Waals surface area contributed by atoms with Gasteiger partial charge in [-0.05, 0) is 6.92 Å². The van der Waals surface area contributed by atoms with E-state index in [9.17, 15) is 14.9 Å². The van der Waals surface area contributed by atoms with Crippen molar-refractivity contribution in [3.63, 3.8) is 0 Å². The molecule has 1 atom stereocenters. The Morgan fingerprint density at radius 1 is 1.53 bits per heavy atom. The third kappa shape index (κ3) is 2.41. The maximum atomic E-state index is 11.0. The first-order chi connectivity index (χ1) is 9.00. The number of nitro benzene ring substituents is 1. The third-order valence-corrected chi connectivity index (χ3v) is 2.65. The van der Waals surface area contributed by atoms with Crippen LogP contribution in [0.25, 0.3) is 11.3 Å². The van der Waals surface area contributed by atoms with E-state index in [4.69, 9.17) is 5.11 Å². The van der Waals surface area contributed by atoms with Crippen LogP contribution in [0.15, 0.2) is 30.5 Å². The molecule has 98 valence electrons. The third-order valence-electron chi connectivity index (χ3n) is 2.65. The highest BCUT2D eigenvalue weighted by Crippen LogP contribution is 2.24. The maximum Gasteiger partial charge on any atom is 0.328 e. The number of carbonyl (C=O) groups is 1. The van der Waals surface area contributed by atoms with Gasteiger partial charge in [0.05, 0.1) is 16.8 Å². The van der Waals surface area contributed by atoms with Crippen LogP contribution in [0, 0.1) is 10.1 Å². The summed E-state index contributed by atoms with van der Waals surface area (Å²) in [7, 11) is 0. The van der Waals surface area contributed by atoms with Crippen LogP contribution in [0.3, 0.4) is 0 Å². The van der Waals surface area contributed by atoms with Gasteiger partial charge in [0.25, 0.3) is 5.69 Å². The molecule has 0 aliphatic rings. The minimum atomic E-state index is -1.06. The second-order valence-electron chi connectivity index (χ2n) is 3.89. The van der Waals surface area contributed by atoms with E-state index in [2.05, 4.69) is 10.3 Å². The number of carboxylic acids is 1. The lowest BCUT2D eigenvalue weighted by Gasteiger charge is -2.09. The predicted molar refractivity (Wildman–Crippen MR) is 64.5 cm³/mol. The number of aliphatic carboxylic acids is 1. The smallest absolute Gasteiger partial charge is 0.328 e. The molecule has 2 aromatic rings. The molecular weight excluding hydrogens is 252 g/mol. The molecule has 0 bridgehead atoms. The minimum Gasteiger partial charge on any atom is -0.480 e. The van der Waals surface area contributed by atoms with Crippen LogP contribution in [0.2, 0.25) is 0 Å². The number of benzene rings is 1. The first kappa shape index (κ1) is 12.7. The van der Waals surface area contributed by atoms with Crippen molar-refractivity contribution in [3.05, 3.63) is 40.6 Å². The number of nitrogens with zero attached hydrogens (tertiary/aromatic N) is 4. The zero-order valence-corrected chi connectivity index (χ0v) is 9.92. The van der Waals surface area contributed by atoms with Crippen molar-refractivity contribution in [1.82, 2.24) is 15.0 Å². The number of hydrogen-bond donors (Lipinski definition) is 1. The molecule has 0 saturated carbocycles. The Labute approximate surface area is 107 Å². The highest BCUT2D eigenvalue weighted by atomic mass is 16.6. The largest absolute Gasteiger partial charge is 0.480 e. The summed E-state index contributed by atoms with van der Waals surface area (Å²) >= 11 is 0. The molecule has 1 unspecified atom stereocenters. The number of hydrogen-bond acceptors (Lipinski definition) is 5. The van der Waals surface area contributed by atoms with E-state index in [1.54, 1.807) is 6.07 Å². The highest BCUT2D eigenvalue weighted by Gasteiger charge is 2.19. The van der Waals surface area contributed by atoms with E-state index in [1.165, 1.54) is 36.0 Å². The molecule has 0 aliphatic heterocycles. The summed E-state index contributed by atoms with van der Waals surface area (Å²) in [6.45, 7) is 1.46. The molecule has 1 aromatic heterocycles. The topological polar surface area (TPSA) is 111 Å².